The van der Waals surface area contributed by atoms with E-state index in [2.05, 4.69) is 32.5 Å². The highest BCUT2D eigenvalue weighted by Gasteiger charge is 2.38. The van der Waals surface area contributed by atoms with Crippen molar-refractivity contribution in [3.63, 3.8) is 0 Å². The molecule has 0 unspecified atom stereocenters. The Morgan fingerprint density at radius 3 is 2.29 bits per heavy atom. The summed E-state index contributed by atoms with van der Waals surface area (Å²) in [6, 6.07) is 33.0. The third-order valence-corrected chi connectivity index (χ3v) is 10.2. The average molecular weight is 780 g/mol. The fourth-order valence-corrected chi connectivity index (χ4v) is 7.40. The zero-order valence-electron chi connectivity index (χ0n) is 33.0. The average Bonchev–Trinajstić information content (AvgIpc) is 4.01. The number of likely N-dealkylation sites (tertiary alicyclic amines) is 1. The summed E-state index contributed by atoms with van der Waals surface area (Å²) in [5.74, 6) is 0.159. The van der Waals surface area contributed by atoms with Crippen molar-refractivity contribution in [1.82, 2.24) is 30.1 Å². The first-order chi connectivity index (χ1) is 28.1. The molecule has 6 aromatic rings. The third-order valence-electron chi connectivity index (χ3n) is 10.2. The highest BCUT2D eigenvalue weighted by molar-refractivity contribution is 6.00. The van der Waals surface area contributed by atoms with Crippen LogP contribution in [0.2, 0.25) is 0 Å². The van der Waals surface area contributed by atoms with E-state index in [1.165, 1.54) is 0 Å². The molecular weight excluding hydrogens is 731 g/mol. The molecule has 4 N–H and O–H groups in total. The van der Waals surface area contributed by atoms with Gasteiger partial charge in [-0.1, -0.05) is 91.9 Å². The summed E-state index contributed by atoms with van der Waals surface area (Å²) >= 11 is 0. The lowest BCUT2D eigenvalue weighted by Crippen LogP contribution is -2.48. The number of hydrogen-bond acceptors (Lipinski definition) is 6. The molecule has 1 saturated heterocycles. The minimum absolute atomic E-state index is 0.0734. The second-order valence-electron chi connectivity index (χ2n) is 14.9. The molecule has 0 radical (unpaired) electrons. The molecule has 0 aliphatic carbocycles. The van der Waals surface area contributed by atoms with E-state index < -0.39 is 18.2 Å². The Bertz CT molecular complexity index is 2350. The van der Waals surface area contributed by atoms with E-state index in [9.17, 15) is 19.2 Å². The lowest BCUT2D eigenvalue weighted by atomic mass is 10.0. The number of aromatic nitrogens is 3. The van der Waals surface area contributed by atoms with Gasteiger partial charge in [-0.15, -0.1) is 0 Å². The van der Waals surface area contributed by atoms with Gasteiger partial charge < -0.3 is 35.1 Å². The van der Waals surface area contributed by atoms with Crippen LogP contribution in [0.5, 0.6) is 0 Å². The van der Waals surface area contributed by atoms with Crippen molar-refractivity contribution < 1.29 is 23.9 Å². The fraction of sp³-hybridized carbons (Fsp3) is 0.283. The van der Waals surface area contributed by atoms with Crippen molar-refractivity contribution in [3.05, 3.63) is 132 Å². The third kappa shape index (κ3) is 9.46. The summed E-state index contributed by atoms with van der Waals surface area (Å²) in [5.41, 5.74) is 6.89. The Balaban J connectivity index is 0.996. The highest BCUT2D eigenvalue weighted by Crippen LogP contribution is 2.30. The second-order valence-corrected chi connectivity index (χ2v) is 14.9. The van der Waals surface area contributed by atoms with Crippen molar-refractivity contribution in [2.45, 2.75) is 71.2 Å². The molecule has 2 aromatic heterocycles. The number of nitrogens with zero attached hydrogens (tertiary/aromatic N) is 3. The molecule has 1 aliphatic heterocycles. The van der Waals surface area contributed by atoms with E-state index in [1.807, 2.05) is 89.8 Å². The van der Waals surface area contributed by atoms with Gasteiger partial charge in [-0.2, -0.15) is 0 Å². The maximum absolute atomic E-state index is 13.9. The van der Waals surface area contributed by atoms with Gasteiger partial charge in [0.25, 0.3) is 5.91 Å². The molecule has 4 amide bonds. The van der Waals surface area contributed by atoms with E-state index in [1.54, 1.807) is 49.2 Å². The standard InChI is InChI=1S/C46H49N7O5/c1-4-23-52(42(54)25-31-12-7-5-8-13-31)29-41-47-28-39(50-41)33-19-17-32(18-20-33)38-27-35-26-36(21-22-37(35)49-38)48-44(55)40-16-11-24-53(40)45(56)43(34-14-9-6-10-15-34)51-46(57)58-30(2)3/h5-10,12-15,17-22,26-28,30,40,43,49H,4,11,16,23-25,29H2,1-3H3,(H,47,50)(H,48,55)(H,51,57)/t40-,43+/m0/s1. The van der Waals surface area contributed by atoms with Gasteiger partial charge in [-0.3, -0.25) is 14.4 Å². The van der Waals surface area contributed by atoms with E-state index in [4.69, 9.17) is 4.74 Å². The van der Waals surface area contributed by atoms with Crippen LogP contribution in [0.15, 0.2) is 115 Å². The normalized spacial score (nSPS) is 14.3. The predicted octanol–water partition coefficient (Wildman–Crippen LogP) is 8.01. The Hall–Kier alpha value is -6.69. The molecule has 1 fully saturated rings. The predicted molar refractivity (Wildman–Crippen MR) is 224 cm³/mol. The van der Waals surface area contributed by atoms with Crippen molar-refractivity contribution in [3.8, 4) is 22.5 Å². The first kappa shape index (κ1) is 39.5. The molecule has 0 spiro atoms. The van der Waals surface area contributed by atoms with E-state index in [-0.39, 0.29) is 23.8 Å². The quantitative estimate of drug-likeness (QED) is 0.0879. The first-order valence-corrected chi connectivity index (χ1v) is 19.9. The number of H-pyrrole nitrogens is 2. The van der Waals surface area contributed by atoms with Gasteiger partial charge in [-0.05, 0) is 79.6 Å². The molecule has 0 bridgehead atoms. The lowest BCUT2D eigenvalue weighted by Gasteiger charge is -2.29. The smallest absolute Gasteiger partial charge is 0.408 e. The van der Waals surface area contributed by atoms with Crippen LogP contribution < -0.4 is 10.6 Å². The summed E-state index contributed by atoms with van der Waals surface area (Å²) in [4.78, 5) is 68.2. The van der Waals surface area contributed by atoms with Crippen LogP contribution in [0.4, 0.5) is 10.5 Å². The number of imidazole rings is 1. The number of fused-ring (bicyclic) bond motifs is 1. The summed E-state index contributed by atoms with van der Waals surface area (Å²) in [5, 5.41) is 6.66. The van der Waals surface area contributed by atoms with Crippen molar-refractivity contribution >= 4 is 40.4 Å². The monoisotopic (exact) mass is 779 g/mol. The van der Waals surface area contributed by atoms with Gasteiger partial charge in [-0.25, -0.2) is 9.78 Å². The number of amides is 4. The second kappa shape index (κ2) is 18.1. The summed E-state index contributed by atoms with van der Waals surface area (Å²) < 4.78 is 5.28. The number of benzene rings is 4. The molecular formula is C46H49N7O5. The minimum Gasteiger partial charge on any atom is -0.447 e. The number of aromatic amines is 2. The molecule has 298 valence electrons. The number of rotatable bonds is 14. The molecule has 12 nitrogen and oxygen atoms in total. The number of nitrogens with one attached hydrogen (secondary N) is 4. The number of carbonyl (C=O) groups is 4. The molecule has 7 rings (SSSR count). The van der Waals surface area contributed by atoms with Crippen LogP contribution in [0.3, 0.4) is 0 Å². The Morgan fingerprint density at radius 1 is 0.879 bits per heavy atom. The van der Waals surface area contributed by atoms with Gasteiger partial charge in [0, 0.05) is 35.4 Å². The van der Waals surface area contributed by atoms with Crippen molar-refractivity contribution in [2.24, 2.45) is 0 Å². The first-order valence-electron chi connectivity index (χ1n) is 19.9. The summed E-state index contributed by atoms with van der Waals surface area (Å²) in [6.07, 6.45) is 3.14. The van der Waals surface area contributed by atoms with E-state index in [0.29, 0.717) is 50.1 Å². The minimum atomic E-state index is -0.995. The van der Waals surface area contributed by atoms with Gasteiger partial charge in [0.1, 0.15) is 17.9 Å². The molecule has 58 heavy (non-hydrogen) atoms. The topological polar surface area (TPSA) is 153 Å². The van der Waals surface area contributed by atoms with Crippen molar-refractivity contribution in [1.29, 1.82) is 0 Å². The van der Waals surface area contributed by atoms with Crippen LogP contribution in [0.25, 0.3) is 33.4 Å². The summed E-state index contributed by atoms with van der Waals surface area (Å²) in [6.45, 7) is 7.01. The Labute approximate surface area is 338 Å². The highest BCUT2D eigenvalue weighted by atomic mass is 16.6. The number of anilines is 1. The van der Waals surface area contributed by atoms with E-state index >= 15 is 0 Å². The zero-order chi connectivity index (χ0) is 40.6. The Morgan fingerprint density at radius 2 is 1.59 bits per heavy atom. The molecule has 1 aliphatic rings. The van der Waals surface area contributed by atoms with Crippen LogP contribution in [-0.4, -0.2) is 73.8 Å². The number of alkyl carbamates (subject to hydrolysis) is 1. The summed E-state index contributed by atoms with van der Waals surface area (Å²) in [7, 11) is 0. The molecule has 12 heteroatoms. The maximum atomic E-state index is 13.9. The number of carbonyl (C=O) groups excluding carboxylic acids is 4. The SMILES string of the molecule is CCCN(Cc1ncc(-c2ccc(-c3cc4cc(NC(=O)[C@@H]5CCCN5C(=O)[C@H](NC(=O)OC(C)C)c5ccccc5)ccc4[nH]3)cc2)[nH]1)C(=O)Cc1ccccc1. The van der Waals surface area contributed by atoms with Crippen LogP contribution in [0.1, 0.15) is 63.0 Å². The van der Waals surface area contributed by atoms with Gasteiger partial charge in [0.2, 0.25) is 11.8 Å². The van der Waals surface area contributed by atoms with Gasteiger partial charge in [0.15, 0.2) is 0 Å². The lowest BCUT2D eigenvalue weighted by molar-refractivity contribution is -0.138. The van der Waals surface area contributed by atoms with Crippen LogP contribution >= 0.6 is 0 Å². The zero-order valence-corrected chi connectivity index (χ0v) is 33.0. The maximum Gasteiger partial charge on any atom is 0.408 e. The van der Waals surface area contributed by atoms with E-state index in [0.717, 1.165) is 51.2 Å². The number of hydrogen-bond donors (Lipinski definition) is 4. The largest absolute Gasteiger partial charge is 0.447 e. The molecule has 2 atom stereocenters. The fourth-order valence-electron chi connectivity index (χ4n) is 7.40. The van der Waals surface area contributed by atoms with Crippen molar-refractivity contribution in [2.75, 3.05) is 18.4 Å². The molecule has 0 saturated carbocycles. The number of ether oxygens (including phenoxy) is 1. The van der Waals surface area contributed by atoms with Gasteiger partial charge in [0.05, 0.1) is 31.0 Å². The van der Waals surface area contributed by atoms with Crippen LogP contribution in [0, 0.1) is 0 Å². The van der Waals surface area contributed by atoms with Crippen LogP contribution in [-0.2, 0) is 32.1 Å². The molecule has 4 aromatic carbocycles. The van der Waals surface area contributed by atoms with Gasteiger partial charge >= 0.3 is 6.09 Å². The Kier molecular flexibility index (Phi) is 12.3. The molecule has 3 heterocycles.